The van der Waals surface area contributed by atoms with Gasteiger partial charge in [-0.15, -0.1) is 0 Å². The molecule has 0 N–H and O–H groups in total. The van der Waals surface area contributed by atoms with Crippen molar-refractivity contribution in [3.8, 4) is 5.75 Å². The van der Waals surface area contributed by atoms with Gasteiger partial charge in [0.25, 0.3) is 0 Å². The fourth-order valence-corrected chi connectivity index (χ4v) is 1.89. The molecule has 122 valence electrons. The second-order valence-electron chi connectivity index (χ2n) is 4.78. The Balaban J connectivity index is 2.99. The molecule has 1 aromatic rings. The summed E-state index contributed by atoms with van der Waals surface area (Å²) < 4.78 is 44.2. The van der Waals surface area contributed by atoms with Gasteiger partial charge in [-0.3, -0.25) is 0 Å². The number of hydrogen-bond donors (Lipinski definition) is 0. The molecule has 0 saturated heterocycles. The van der Waals surface area contributed by atoms with E-state index in [-0.39, 0.29) is 5.75 Å². The molecule has 0 bridgehead atoms. The van der Waals surface area contributed by atoms with E-state index in [0.717, 1.165) is 6.20 Å². The Labute approximate surface area is 128 Å². The van der Waals surface area contributed by atoms with Crippen LogP contribution in [-0.2, 0) is 4.79 Å². The number of para-hydroxylation sites is 1. The first-order valence-corrected chi connectivity index (χ1v) is 7.18. The number of hydrogen-bond acceptors (Lipinski definition) is 3. The van der Waals surface area contributed by atoms with Crippen molar-refractivity contribution in [3.63, 3.8) is 0 Å². The summed E-state index contributed by atoms with van der Waals surface area (Å²) in [5, 5.41) is 0. The molecule has 0 saturated carbocycles. The molecule has 0 amide bonds. The summed E-state index contributed by atoms with van der Waals surface area (Å²) in [5.74, 6) is -1.31. The fraction of sp³-hybridized carbons (Fsp3) is 0.438. The molecule has 1 rings (SSSR count). The summed E-state index contributed by atoms with van der Waals surface area (Å²) in [4.78, 5) is 13.4. The molecule has 0 fully saturated rings. The van der Waals surface area contributed by atoms with Crippen LogP contribution in [0.2, 0.25) is 0 Å². The smallest absolute Gasteiger partial charge is 0.423 e. The summed E-state index contributed by atoms with van der Waals surface area (Å²) in [7, 11) is 0. The predicted molar refractivity (Wildman–Crippen MR) is 78.4 cm³/mol. The summed E-state index contributed by atoms with van der Waals surface area (Å²) in [6.07, 6.45) is -2.52. The second-order valence-corrected chi connectivity index (χ2v) is 4.78. The minimum Gasteiger partial charge on any atom is -0.423 e. The third kappa shape index (κ3) is 5.79. The molecular formula is C16H20F3NO2. The summed E-state index contributed by atoms with van der Waals surface area (Å²) in [6.45, 7) is 4.64. The summed E-state index contributed by atoms with van der Waals surface area (Å²) >= 11 is 0. The molecule has 0 atom stereocenters. The number of benzene rings is 1. The van der Waals surface area contributed by atoms with Gasteiger partial charge in [-0.2, -0.15) is 13.2 Å². The molecular weight excluding hydrogens is 295 g/mol. The SMILES string of the molecule is CCCN(/C=C(\C(=O)Oc1ccccc1)C(F)(F)F)CCC. The molecule has 0 unspecified atom stereocenters. The topological polar surface area (TPSA) is 29.5 Å². The first-order chi connectivity index (χ1) is 10.4. The lowest BCUT2D eigenvalue weighted by Gasteiger charge is -2.21. The Morgan fingerprint density at radius 3 is 2.14 bits per heavy atom. The van der Waals surface area contributed by atoms with Crippen LogP contribution in [0, 0.1) is 0 Å². The van der Waals surface area contributed by atoms with Gasteiger partial charge in [0.2, 0.25) is 0 Å². The van der Waals surface area contributed by atoms with Crippen LogP contribution in [0.1, 0.15) is 26.7 Å². The lowest BCUT2D eigenvalue weighted by Crippen LogP contribution is -2.29. The monoisotopic (exact) mass is 315 g/mol. The van der Waals surface area contributed by atoms with E-state index in [1.165, 1.54) is 17.0 Å². The first kappa shape index (κ1) is 18.1. The van der Waals surface area contributed by atoms with E-state index in [0.29, 0.717) is 25.9 Å². The Morgan fingerprint density at radius 1 is 1.14 bits per heavy atom. The van der Waals surface area contributed by atoms with E-state index in [1.54, 1.807) is 18.2 Å². The number of nitrogens with zero attached hydrogens (tertiary/aromatic N) is 1. The minimum absolute atomic E-state index is 0.0835. The molecule has 0 heterocycles. The second kappa shape index (κ2) is 8.46. The van der Waals surface area contributed by atoms with Gasteiger partial charge in [-0.05, 0) is 25.0 Å². The molecule has 1 aromatic carbocycles. The molecule has 0 aliphatic rings. The molecule has 22 heavy (non-hydrogen) atoms. The van der Waals surface area contributed by atoms with Gasteiger partial charge in [0.05, 0.1) is 0 Å². The van der Waals surface area contributed by atoms with Crippen LogP contribution in [0.25, 0.3) is 0 Å². The van der Waals surface area contributed by atoms with Crippen molar-refractivity contribution in [2.24, 2.45) is 0 Å². The van der Waals surface area contributed by atoms with Gasteiger partial charge in [0, 0.05) is 19.3 Å². The number of alkyl halides is 3. The van der Waals surface area contributed by atoms with E-state index in [4.69, 9.17) is 4.74 Å². The van der Waals surface area contributed by atoms with Crippen LogP contribution in [0.5, 0.6) is 5.75 Å². The largest absolute Gasteiger partial charge is 0.424 e. The van der Waals surface area contributed by atoms with Crippen LogP contribution in [0.4, 0.5) is 13.2 Å². The molecule has 6 heteroatoms. The van der Waals surface area contributed by atoms with Crippen LogP contribution < -0.4 is 4.74 Å². The lowest BCUT2D eigenvalue weighted by atomic mass is 10.2. The third-order valence-electron chi connectivity index (χ3n) is 2.81. The maximum Gasteiger partial charge on any atom is 0.424 e. The van der Waals surface area contributed by atoms with E-state index in [9.17, 15) is 18.0 Å². The highest BCUT2D eigenvalue weighted by Crippen LogP contribution is 2.28. The summed E-state index contributed by atoms with van der Waals surface area (Å²) in [5.41, 5.74) is -1.29. The van der Waals surface area contributed by atoms with Crippen molar-refractivity contribution >= 4 is 5.97 Å². The van der Waals surface area contributed by atoms with Crippen LogP contribution in [0.15, 0.2) is 42.1 Å². The van der Waals surface area contributed by atoms with Crippen LogP contribution in [0.3, 0.4) is 0 Å². The van der Waals surface area contributed by atoms with E-state index >= 15 is 0 Å². The van der Waals surface area contributed by atoms with E-state index in [2.05, 4.69) is 0 Å². The highest BCUT2D eigenvalue weighted by Gasteiger charge is 2.40. The van der Waals surface area contributed by atoms with Crippen molar-refractivity contribution in [3.05, 3.63) is 42.1 Å². The quantitative estimate of drug-likeness (QED) is 0.430. The van der Waals surface area contributed by atoms with Crippen molar-refractivity contribution in [2.45, 2.75) is 32.9 Å². The van der Waals surface area contributed by atoms with Gasteiger partial charge in [-0.1, -0.05) is 32.0 Å². The number of rotatable bonds is 7. The number of ether oxygens (including phenoxy) is 1. The van der Waals surface area contributed by atoms with Gasteiger partial charge < -0.3 is 9.64 Å². The van der Waals surface area contributed by atoms with Crippen molar-refractivity contribution in [1.82, 2.24) is 4.90 Å². The van der Waals surface area contributed by atoms with Gasteiger partial charge in [-0.25, -0.2) is 4.79 Å². The number of carbonyl (C=O) groups excluding carboxylic acids is 1. The maximum absolute atomic E-state index is 13.1. The van der Waals surface area contributed by atoms with Crippen molar-refractivity contribution in [1.29, 1.82) is 0 Å². The third-order valence-corrected chi connectivity index (χ3v) is 2.81. The Kier molecular flexibility index (Phi) is 6.95. The zero-order valence-corrected chi connectivity index (χ0v) is 12.7. The van der Waals surface area contributed by atoms with Crippen molar-refractivity contribution in [2.75, 3.05) is 13.1 Å². The average molecular weight is 315 g/mol. The normalized spacial score (nSPS) is 12.1. The number of carbonyl (C=O) groups is 1. The Hall–Kier alpha value is -1.98. The van der Waals surface area contributed by atoms with Gasteiger partial charge >= 0.3 is 12.1 Å². The molecule has 0 spiro atoms. The summed E-state index contributed by atoms with van der Waals surface area (Å²) in [6, 6.07) is 7.71. The van der Waals surface area contributed by atoms with Crippen LogP contribution in [-0.4, -0.2) is 30.1 Å². The molecule has 0 radical (unpaired) electrons. The van der Waals surface area contributed by atoms with Gasteiger partial charge in [0.15, 0.2) is 5.57 Å². The first-order valence-electron chi connectivity index (χ1n) is 7.18. The molecule has 3 nitrogen and oxygen atoms in total. The Bertz CT molecular complexity index is 492. The Morgan fingerprint density at radius 2 is 1.68 bits per heavy atom. The zero-order valence-electron chi connectivity index (χ0n) is 12.7. The number of esters is 1. The molecule has 0 aliphatic heterocycles. The van der Waals surface area contributed by atoms with Gasteiger partial charge in [0.1, 0.15) is 5.75 Å². The maximum atomic E-state index is 13.1. The van der Waals surface area contributed by atoms with E-state index in [1.807, 2.05) is 13.8 Å². The van der Waals surface area contributed by atoms with E-state index < -0.39 is 17.7 Å². The minimum atomic E-state index is -4.76. The fourth-order valence-electron chi connectivity index (χ4n) is 1.89. The predicted octanol–water partition coefficient (Wildman–Crippen LogP) is 4.16. The van der Waals surface area contributed by atoms with Crippen LogP contribution >= 0.6 is 0 Å². The standard InChI is InChI=1S/C16H20F3NO2/c1-3-10-20(11-4-2)12-14(16(17,18)19)15(21)22-13-8-6-5-7-9-13/h5-9,12H,3-4,10-11H2,1-2H3/b14-12+. The average Bonchev–Trinajstić information content (AvgIpc) is 2.44. The molecule has 0 aromatic heterocycles. The highest BCUT2D eigenvalue weighted by atomic mass is 19.4. The van der Waals surface area contributed by atoms with Crippen molar-refractivity contribution < 1.29 is 22.7 Å². The lowest BCUT2D eigenvalue weighted by molar-refractivity contribution is -0.142. The number of halogens is 3. The molecule has 0 aliphatic carbocycles. The zero-order chi connectivity index (χ0) is 16.6. The highest BCUT2D eigenvalue weighted by molar-refractivity contribution is 5.91.